The first-order valence-electron chi connectivity index (χ1n) is 7.27. The summed E-state index contributed by atoms with van der Waals surface area (Å²) in [7, 11) is 1.22. The molecule has 0 radical (unpaired) electrons. The number of methoxy groups -OCH3 is 1. The van der Waals surface area contributed by atoms with Gasteiger partial charge >= 0.3 is 12.0 Å². The van der Waals surface area contributed by atoms with E-state index in [9.17, 15) is 18.4 Å². The molecule has 2 amide bonds. The summed E-state index contributed by atoms with van der Waals surface area (Å²) in [4.78, 5) is 26.0. The van der Waals surface area contributed by atoms with Crippen LogP contribution < -0.4 is 5.32 Å². The molecule has 1 aliphatic carbocycles. The van der Waals surface area contributed by atoms with Crippen molar-refractivity contribution in [2.75, 3.05) is 7.11 Å². The summed E-state index contributed by atoms with van der Waals surface area (Å²) < 4.78 is 32.0. The minimum atomic E-state index is -1.01. The van der Waals surface area contributed by atoms with Crippen LogP contribution in [-0.2, 0) is 9.53 Å². The minimum absolute atomic E-state index is 0.0231. The largest absolute Gasteiger partial charge is 0.466 e. The van der Waals surface area contributed by atoms with E-state index in [0.717, 1.165) is 25.0 Å². The molecule has 2 aliphatic rings. The lowest BCUT2D eigenvalue weighted by molar-refractivity contribution is -0.136. The SMILES string of the molecule is COC(=O)C1=C(C)N(C2CC2)C(=O)NC1c1ccc(F)cc1F. The Morgan fingerprint density at radius 2 is 2.04 bits per heavy atom. The van der Waals surface area contributed by atoms with Crippen LogP contribution in [0.15, 0.2) is 29.5 Å². The lowest BCUT2D eigenvalue weighted by atomic mass is 9.94. The lowest BCUT2D eigenvalue weighted by Gasteiger charge is -2.35. The third-order valence-corrected chi connectivity index (χ3v) is 4.12. The molecule has 122 valence electrons. The van der Waals surface area contributed by atoms with Crippen LogP contribution in [0, 0.1) is 11.6 Å². The number of hydrogen-bond acceptors (Lipinski definition) is 3. The predicted octanol–water partition coefficient (Wildman–Crippen LogP) is 2.64. The first-order chi connectivity index (χ1) is 10.9. The van der Waals surface area contributed by atoms with Gasteiger partial charge in [-0.2, -0.15) is 0 Å². The van der Waals surface area contributed by atoms with Gasteiger partial charge in [-0.15, -0.1) is 0 Å². The van der Waals surface area contributed by atoms with E-state index < -0.39 is 29.7 Å². The van der Waals surface area contributed by atoms with Crippen LogP contribution in [-0.4, -0.2) is 30.1 Å². The first kappa shape index (κ1) is 15.5. The molecule has 0 saturated heterocycles. The molecule has 1 aliphatic heterocycles. The standard InChI is InChI=1S/C16H16F2N2O3/c1-8-13(15(21)23-2)14(11-6-3-9(17)7-12(11)18)19-16(22)20(8)10-4-5-10/h3,6-7,10,14H,4-5H2,1-2H3,(H,19,22). The zero-order chi connectivity index (χ0) is 16.7. The average Bonchev–Trinajstić information content (AvgIpc) is 3.31. The fraction of sp³-hybridized carbons (Fsp3) is 0.375. The normalized spacial score (nSPS) is 21.3. The molecule has 1 atom stereocenters. The molecule has 1 unspecified atom stereocenters. The maximum atomic E-state index is 14.1. The third-order valence-electron chi connectivity index (χ3n) is 4.12. The number of allylic oxidation sites excluding steroid dienone is 1. The number of carbonyl (C=O) groups is 2. The van der Waals surface area contributed by atoms with Gasteiger partial charge in [-0.3, -0.25) is 4.90 Å². The topological polar surface area (TPSA) is 58.6 Å². The highest BCUT2D eigenvalue weighted by molar-refractivity contribution is 5.95. The van der Waals surface area contributed by atoms with Crippen molar-refractivity contribution < 1.29 is 23.1 Å². The molecule has 1 heterocycles. The maximum absolute atomic E-state index is 14.1. The van der Waals surface area contributed by atoms with Crippen LogP contribution in [0.1, 0.15) is 31.4 Å². The predicted molar refractivity (Wildman–Crippen MR) is 77.2 cm³/mol. The van der Waals surface area contributed by atoms with Crippen molar-refractivity contribution in [1.29, 1.82) is 0 Å². The fourth-order valence-corrected chi connectivity index (χ4v) is 2.87. The molecule has 1 N–H and O–H groups in total. The number of rotatable bonds is 3. The molecule has 7 heteroatoms. The van der Waals surface area contributed by atoms with E-state index in [-0.39, 0.29) is 17.2 Å². The van der Waals surface area contributed by atoms with Gasteiger partial charge in [-0.25, -0.2) is 18.4 Å². The van der Waals surface area contributed by atoms with E-state index in [1.807, 2.05) is 0 Å². The maximum Gasteiger partial charge on any atom is 0.337 e. The van der Waals surface area contributed by atoms with Crippen LogP contribution in [0.25, 0.3) is 0 Å². The summed E-state index contributed by atoms with van der Waals surface area (Å²) >= 11 is 0. The van der Waals surface area contributed by atoms with Gasteiger partial charge in [0.25, 0.3) is 0 Å². The van der Waals surface area contributed by atoms with E-state index in [1.165, 1.54) is 18.1 Å². The Balaban J connectivity index is 2.11. The van der Waals surface area contributed by atoms with Gasteiger partial charge in [0.1, 0.15) is 11.6 Å². The molecule has 5 nitrogen and oxygen atoms in total. The second kappa shape index (κ2) is 5.64. The van der Waals surface area contributed by atoms with Gasteiger partial charge in [0.15, 0.2) is 0 Å². The van der Waals surface area contributed by atoms with E-state index in [2.05, 4.69) is 5.32 Å². The van der Waals surface area contributed by atoms with Crippen molar-refractivity contribution in [1.82, 2.24) is 10.2 Å². The summed E-state index contributed by atoms with van der Waals surface area (Å²) in [6, 6.07) is 1.67. The van der Waals surface area contributed by atoms with Gasteiger partial charge in [0.2, 0.25) is 0 Å². The molecule has 0 spiro atoms. The molecule has 1 aromatic carbocycles. The first-order valence-corrected chi connectivity index (χ1v) is 7.27. The molecular formula is C16H16F2N2O3. The van der Waals surface area contributed by atoms with Gasteiger partial charge in [-0.05, 0) is 25.8 Å². The van der Waals surface area contributed by atoms with Gasteiger partial charge in [0, 0.05) is 23.4 Å². The number of hydrogen-bond donors (Lipinski definition) is 1. The van der Waals surface area contributed by atoms with Crippen molar-refractivity contribution in [2.24, 2.45) is 0 Å². The molecule has 3 rings (SSSR count). The summed E-state index contributed by atoms with van der Waals surface area (Å²) in [5, 5.41) is 2.63. The Bertz CT molecular complexity index is 713. The van der Waals surface area contributed by atoms with Crippen LogP contribution >= 0.6 is 0 Å². The zero-order valence-corrected chi connectivity index (χ0v) is 12.7. The number of amides is 2. The van der Waals surface area contributed by atoms with Crippen LogP contribution in [0.5, 0.6) is 0 Å². The minimum Gasteiger partial charge on any atom is -0.466 e. The summed E-state index contributed by atoms with van der Waals surface area (Å²) in [5.74, 6) is -2.21. The highest BCUT2D eigenvalue weighted by atomic mass is 19.1. The average molecular weight is 322 g/mol. The summed E-state index contributed by atoms with van der Waals surface area (Å²) in [6.07, 6.45) is 1.71. The quantitative estimate of drug-likeness (QED) is 0.870. The van der Waals surface area contributed by atoms with Crippen molar-refractivity contribution >= 4 is 12.0 Å². The Morgan fingerprint density at radius 1 is 1.35 bits per heavy atom. The number of ether oxygens (including phenoxy) is 1. The molecule has 0 bridgehead atoms. The van der Waals surface area contributed by atoms with Crippen LogP contribution in [0.3, 0.4) is 0 Å². The van der Waals surface area contributed by atoms with Gasteiger partial charge < -0.3 is 10.1 Å². The van der Waals surface area contributed by atoms with Gasteiger partial charge in [0.05, 0.1) is 18.7 Å². The number of carbonyl (C=O) groups excluding carboxylic acids is 2. The highest BCUT2D eigenvalue weighted by Crippen LogP contribution is 2.38. The monoisotopic (exact) mass is 322 g/mol. The molecule has 23 heavy (non-hydrogen) atoms. The van der Waals surface area contributed by atoms with Gasteiger partial charge in [-0.1, -0.05) is 6.07 Å². The number of benzene rings is 1. The van der Waals surface area contributed by atoms with E-state index in [0.29, 0.717) is 5.70 Å². The Hall–Kier alpha value is -2.44. The van der Waals surface area contributed by atoms with E-state index in [1.54, 1.807) is 6.92 Å². The van der Waals surface area contributed by atoms with E-state index >= 15 is 0 Å². The van der Waals surface area contributed by atoms with Crippen molar-refractivity contribution in [3.8, 4) is 0 Å². The highest BCUT2D eigenvalue weighted by Gasteiger charge is 2.43. The number of nitrogens with zero attached hydrogens (tertiary/aromatic N) is 1. The molecule has 0 aromatic heterocycles. The molecule has 1 fully saturated rings. The second-order valence-corrected chi connectivity index (χ2v) is 5.64. The fourth-order valence-electron chi connectivity index (χ4n) is 2.87. The molecule has 1 saturated carbocycles. The van der Waals surface area contributed by atoms with Crippen molar-refractivity contribution in [3.63, 3.8) is 0 Å². The molecule has 1 aromatic rings. The smallest absolute Gasteiger partial charge is 0.337 e. The van der Waals surface area contributed by atoms with Crippen LogP contribution in [0.2, 0.25) is 0 Å². The number of nitrogens with one attached hydrogen (secondary N) is 1. The molecular weight excluding hydrogens is 306 g/mol. The number of urea groups is 1. The zero-order valence-electron chi connectivity index (χ0n) is 12.7. The van der Waals surface area contributed by atoms with Crippen molar-refractivity contribution in [3.05, 3.63) is 46.7 Å². The Kier molecular flexibility index (Phi) is 3.79. The van der Waals surface area contributed by atoms with E-state index in [4.69, 9.17) is 4.74 Å². The number of esters is 1. The van der Waals surface area contributed by atoms with Crippen LogP contribution in [0.4, 0.5) is 13.6 Å². The summed E-state index contributed by atoms with van der Waals surface area (Å²) in [5.41, 5.74) is 0.622. The van der Waals surface area contributed by atoms with Crippen molar-refractivity contribution in [2.45, 2.75) is 31.8 Å². The number of halogens is 2. The summed E-state index contributed by atoms with van der Waals surface area (Å²) in [6.45, 7) is 1.64. The second-order valence-electron chi connectivity index (χ2n) is 5.64. The Morgan fingerprint density at radius 3 is 2.61 bits per heavy atom. The Labute approximate surface area is 131 Å². The lowest BCUT2D eigenvalue weighted by Crippen LogP contribution is -2.49. The third kappa shape index (κ3) is 2.67.